The maximum absolute atomic E-state index is 12.4. The van der Waals surface area contributed by atoms with Gasteiger partial charge in [-0.2, -0.15) is 0 Å². The number of para-hydroxylation sites is 2. The standard InChI is InChI=1S/C16H16N6O2S/c23-25(24,11-9-21-15-7-3-1-5-13(15)17-19-21)12-10-22-16-8-4-2-6-14(16)18-20-22/h1-8H,9-12H2. The highest BCUT2D eigenvalue weighted by Crippen LogP contribution is 2.11. The Morgan fingerprint density at radius 1 is 0.720 bits per heavy atom. The molecule has 25 heavy (non-hydrogen) atoms. The number of aromatic nitrogens is 6. The van der Waals surface area contributed by atoms with Gasteiger partial charge < -0.3 is 0 Å². The highest BCUT2D eigenvalue weighted by molar-refractivity contribution is 7.91. The zero-order valence-electron chi connectivity index (χ0n) is 13.4. The van der Waals surface area contributed by atoms with Gasteiger partial charge in [0.25, 0.3) is 0 Å². The minimum atomic E-state index is -3.25. The molecule has 0 bridgehead atoms. The summed E-state index contributed by atoms with van der Waals surface area (Å²) in [6.07, 6.45) is 0. The second-order valence-electron chi connectivity index (χ2n) is 5.75. The van der Waals surface area contributed by atoms with Crippen LogP contribution in [0.15, 0.2) is 48.5 Å². The van der Waals surface area contributed by atoms with E-state index in [0.717, 1.165) is 22.1 Å². The third-order valence-electron chi connectivity index (χ3n) is 4.07. The van der Waals surface area contributed by atoms with Crippen molar-refractivity contribution < 1.29 is 8.42 Å². The molecule has 2 heterocycles. The summed E-state index contributed by atoms with van der Waals surface area (Å²) in [7, 11) is -3.25. The number of sulfone groups is 1. The Labute approximate surface area is 144 Å². The first kappa shape index (κ1) is 15.7. The van der Waals surface area contributed by atoms with Gasteiger partial charge in [0.1, 0.15) is 11.0 Å². The van der Waals surface area contributed by atoms with E-state index in [-0.39, 0.29) is 24.6 Å². The molecule has 4 rings (SSSR count). The summed E-state index contributed by atoms with van der Waals surface area (Å²) in [5, 5.41) is 16.1. The van der Waals surface area contributed by atoms with Crippen LogP contribution in [-0.2, 0) is 22.9 Å². The van der Waals surface area contributed by atoms with Gasteiger partial charge >= 0.3 is 0 Å². The second-order valence-corrected chi connectivity index (χ2v) is 8.06. The lowest BCUT2D eigenvalue weighted by Gasteiger charge is -2.06. The minimum absolute atomic E-state index is 0.00693. The third-order valence-corrected chi connectivity index (χ3v) is 5.68. The first-order valence-corrected chi connectivity index (χ1v) is 9.71. The van der Waals surface area contributed by atoms with E-state index in [4.69, 9.17) is 0 Å². The molecule has 0 N–H and O–H groups in total. The van der Waals surface area contributed by atoms with Gasteiger partial charge in [0.2, 0.25) is 0 Å². The number of aryl methyl sites for hydroxylation is 2. The Balaban J connectivity index is 1.43. The van der Waals surface area contributed by atoms with Crippen LogP contribution in [0.25, 0.3) is 22.1 Å². The van der Waals surface area contributed by atoms with Gasteiger partial charge in [0.05, 0.1) is 35.6 Å². The predicted molar refractivity (Wildman–Crippen MR) is 93.7 cm³/mol. The van der Waals surface area contributed by atoms with Crippen LogP contribution in [0.2, 0.25) is 0 Å². The van der Waals surface area contributed by atoms with E-state index < -0.39 is 9.84 Å². The molecule has 0 aliphatic heterocycles. The Morgan fingerprint density at radius 3 is 1.64 bits per heavy atom. The molecule has 9 heteroatoms. The van der Waals surface area contributed by atoms with Gasteiger partial charge in [-0.1, -0.05) is 34.7 Å². The van der Waals surface area contributed by atoms with Crippen molar-refractivity contribution in [2.45, 2.75) is 13.1 Å². The third kappa shape index (κ3) is 3.22. The van der Waals surface area contributed by atoms with E-state index >= 15 is 0 Å². The summed E-state index contributed by atoms with van der Waals surface area (Å²) in [4.78, 5) is 0. The molecule has 0 radical (unpaired) electrons. The van der Waals surface area contributed by atoms with Crippen molar-refractivity contribution in [2.24, 2.45) is 0 Å². The van der Waals surface area contributed by atoms with Crippen molar-refractivity contribution in [1.29, 1.82) is 0 Å². The van der Waals surface area contributed by atoms with Crippen LogP contribution in [0.5, 0.6) is 0 Å². The molecule has 128 valence electrons. The zero-order chi connectivity index (χ0) is 17.3. The first-order valence-electron chi connectivity index (χ1n) is 7.89. The van der Waals surface area contributed by atoms with Crippen molar-refractivity contribution in [3.8, 4) is 0 Å². The number of nitrogens with zero attached hydrogens (tertiary/aromatic N) is 6. The molecule has 2 aromatic carbocycles. The van der Waals surface area contributed by atoms with Gasteiger partial charge in [-0.3, -0.25) is 0 Å². The molecule has 4 aromatic rings. The lowest BCUT2D eigenvalue weighted by atomic mass is 10.3. The maximum atomic E-state index is 12.4. The smallest absolute Gasteiger partial charge is 0.153 e. The fourth-order valence-electron chi connectivity index (χ4n) is 2.72. The lowest BCUT2D eigenvalue weighted by molar-refractivity contribution is 0.567. The topological polar surface area (TPSA) is 95.6 Å². The van der Waals surface area contributed by atoms with E-state index in [9.17, 15) is 8.42 Å². The summed E-state index contributed by atoms with van der Waals surface area (Å²) in [5.41, 5.74) is 3.18. The largest absolute Gasteiger partial charge is 0.244 e. The van der Waals surface area contributed by atoms with Crippen molar-refractivity contribution in [1.82, 2.24) is 30.0 Å². The molecule has 0 fully saturated rings. The van der Waals surface area contributed by atoms with Crippen molar-refractivity contribution >= 4 is 31.9 Å². The molecular formula is C16H16N6O2S. The van der Waals surface area contributed by atoms with Crippen LogP contribution in [0, 0.1) is 0 Å². The molecule has 0 atom stereocenters. The Hall–Kier alpha value is -2.81. The molecule has 2 aromatic heterocycles. The molecule has 0 saturated heterocycles. The summed E-state index contributed by atoms with van der Waals surface area (Å²) >= 11 is 0. The van der Waals surface area contributed by atoms with Crippen LogP contribution in [-0.4, -0.2) is 49.9 Å². The quantitative estimate of drug-likeness (QED) is 0.517. The van der Waals surface area contributed by atoms with Crippen LogP contribution in [0.4, 0.5) is 0 Å². The highest BCUT2D eigenvalue weighted by atomic mass is 32.2. The highest BCUT2D eigenvalue weighted by Gasteiger charge is 2.14. The maximum Gasteiger partial charge on any atom is 0.153 e. The van der Waals surface area contributed by atoms with Crippen molar-refractivity contribution in [2.75, 3.05) is 11.5 Å². The molecule has 0 aliphatic rings. The summed E-state index contributed by atoms with van der Waals surface area (Å²) in [5.74, 6) is 0.0139. The van der Waals surface area contributed by atoms with E-state index in [1.807, 2.05) is 48.5 Å². The first-order chi connectivity index (χ1) is 12.1. The zero-order valence-corrected chi connectivity index (χ0v) is 14.2. The van der Waals surface area contributed by atoms with Gasteiger partial charge in [-0.25, -0.2) is 17.8 Å². The van der Waals surface area contributed by atoms with Crippen LogP contribution >= 0.6 is 0 Å². The van der Waals surface area contributed by atoms with E-state index in [1.165, 1.54) is 0 Å². The van der Waals surface area contributed by atoms with Gasteiger partial charge in [-0.05, 0) is 24.3 Å². The number of fused-ring (bicyclic) bond motifs is 2. The molecule has 0 saturated carbocycles. The Kier molecular flexibility index (Phi) is 3.92. The van der Waals surface area contributed by atoms with E-state index in [2.05, 4.69) is 20.6 Å². The minimum Gasteiger partial charge on any atom is -0.244 e. The van der Waals surface area contributed by atoms with Gasteiger partial charge in [-0.15, -0.1) is 10.2 Å². The van der Waals surface area contributed by atoms with Gasteiger partial charge in [0.15, 0.2) is 9.84 Å². The summed E-state index contributed by atoms with van der Waals surface area (Å²) < 4.78 is 28.0. The Morgan fingerprint density at radius 2 is 1.16 bits per heavy atom. The van der Waals surface area contributed by atoms with E-state index in [1.54, 1.807) is 9.36 Å². The van der Waals surface area contributed by atoms with Crippen LogP contribution < -0.4 is 0 Å². The normalized spacial score (nSPS) is 12.2. The number of hydrogen-bond acceptors (Lipinski definition) is 6. The van der Waals surface area contributed by atoms with Gasteiger partial charge in [0, 0.05) is 0 Å². The van der Waals surface area contributed by atoms with Crippen molar-refractivity contribution in [3.63, 3.8) is 0 Å². The van der Waals surface area contributed by atoms with Crippen molar-refractivity contribution in [3.05, 3.63) is 48.5 Å². The summed E-state index contributed by atoms with van der Waals surface area (Å²) in [6.45, 7) is 0.557. The van der Waals surface area contributed by atoms with Crippen LogP contribution in [0.1, 0.15) is 0 Å². The molecule has 0 aliphatic carbocycles. The van der Waals surface area contributed by atoms with Crippen LogP contribution in [0.3, 0.4) is 0 Å². The lowest BCUT2D eigenvalue weighted by Crippen LogP contribution is -2.20. The van der Waals surface area contributed by atoms with E-state index in [0.29, 0.717) is 0 Å². The molecule has 0 unspecified atom stereocenters. The molecule has 0 amide bonds. The number of rotatable bonds is 6. The molecule has 0 spiro atoms. The average Bonchev–Trinajstić information content (AvgIpc) is 3.23. The SMILES string of the molecule is O=S(=O)(CCn1nnc2ccccc21)CCn1nnc2ccccc21. The predicted octanol–water partition coefficient (Wildman–Crippen LogP) is 1.29. The second kappa shape index (κ2) is 6.25. The average molecular weight is 356 g/mol. The summed E-state index contributed by atoms with van der Waals surface area (Å²) in [6, 6.07) is 15.0. The monoisotopic (exact) mass is 356 g/mol. The molecule has 8 nitrogen and oxygen atoms in total. The number of benzene rings is 2. The fourth-order valence-corrected chi connectivity index (χ4v) is 3.82. The molecular weight excluding hydrogens is 340 g/mol. The fraction of sp³-hybridized carbons (Fsp3) is 0.250. The Bertz CT molecular complexity index is 1050. The number of hydrogen-bond donors (Lipinski definition) is 0.